The molecule has 0 aliphatic carbocycles. The van der Waals surface area contributed by atoms with Gasteiger partial charge < -0.3 is 10.2 Å². The van der Waals surface area contributed by atoms with E-state index in [2.05, 4.69) is 37.1 Å². The fourth-order valence-electron chi connectivity index (χ4n) is 2.32. The van der Waals surface area contributed by atoms with Crippen LogP contribution in [0, 0.1) is 13.8 Å². The van der Waals surface area contributed by atoms with E-state index in [-0.39, 0.29) is 0 Å². The monoisotopic (exact) mass is 267 g/mol. The number of aryl methyl sites for hydroxylation is 3. The summed E-state index contributed by atoms with van der Waals surface area (Å²) in [7, 11) is 1.85. The van der Waals surface area contributed by atoms with Crippen molar-refractivity contribution in [3.8, 4) is 22.4 Å². The van der Waals surface area contributed by atoms with E-state index in [4.69, 9.17) is 10.2 Å². The van der Waals surface area contributed by atoms with E-state index in [0.717, 1.165) is 22.4 Å². The molecule has 20 heavy (non-hydrogen) atoms. The lowest BCUT2D eigenvalue weighted by atomic mass is 9.98. The number of furan rings is 1. The van der Waals surface area contributed by atoms with Crippen LogP contribution in [-0.2, 0) is 7.05 Å². The highest BCUT2D eigenvalue weighted by atomic mass is 16.3. The number of nitrogens with two attached hydrogens (primary N) is 1. The Labute approximate surface area is 117 Å². The Kier molecular flexibility index (Phi) is 2.86. The maximum atomic E-state index is 6.20. The van der Waals surface area contributed by atoms with E-state index in [1.165, 1.54) is 11.1 Å². The summed E-state index contributed by atoms with van der Waals surface area (Å²) >= 11 is 0. The van der Waals surface area contributed by atoms with E-state index >= 15 is 0 Å². The van der Waals surface area contributed by atoms with Gasteiger partial charge in [-0.2, -0.15) is 5.10 Å². The zero-order valence-electron chi connectivity index (χ0n) is 11.8. The number of nitrogens with zero attached hydrogens (tertiary/aromatic N) is 2. The molecule has 102 valence electrons. The molecular weight excluding hydrogens is 250 g/mol. The van der Waals surface area contributed by atoms with Crippen LogP contribution in [0.2, 0.25) is 0 Å². The molecule has 0 spiro atoms. The van der Waals surface area contributed by atoms with Gasteiger partial charge in [-0.25, -0.2) is 0 Å². The second kappa shape index (κ2) is 4.56. The van der Waals surface area contributed by atoms with Crippen molar-refractivity contribution in [3.63, 3.8) is 0 Å². The van der Waals surface area contributed by atoms with Crippen LogP contribution in [0.5, 0.6) is 0 Å². The highest BCUT2D eigenvalue weighted by Gasteiger charge is 2.18. The Hall–Kier alpha value is -2.49. The summed E-state index contributed by atoms with van der Waals surface area (Å²) in [6.07, 6.45) is 3.33. The van der Waals surface area contributed by atoms with Crippen LogP contribution in [0.3, 0.4) is 0 Å². The minimum atomic E-state index is 0.657. The number of anilines is 1. The zero-order chi connectivity index (χ0) is 14.3. The Morgan fingerprint density at radius 2 is 1.90 bits per heavy atom. The third-order valence-corrected chi connectivity index (χ3v) is 3.68. The summed E-state index contributed by atoms with van der Waals surface area (Å²) in [6, 6.07) is 8.23. The molecule has 4 heteroatoms. The van der Waals surface area contributed by atoms with Gasteiger partial charge in [0.15, 0.2) is 0 Å². The Morgan fingerprint density at radius 1 is 1.10 bits per heavy atom. The topological polar surface area (TPSA) is 57.0 Å². The van der Waals surface area contributed by atoms with Crippen LogP contribution in [0.4, 0.5) is 5.82 Å². The van der Waals surface area contributed by atoms with Crippen LogP contribution >= 0.6 is 0 Å². The van der Waals surface area contributed by atoms with Crippen LogP contribution in [0.1, 0.15) is 11.1 Å². The Balaban J connectivity index is 2.25. The van der Waals surface area contributed by atoms with Gasteiger partial charge in [-0.15, -0.1) is 0 Å². The fraction of sp³-hybridized carbons (Fsp3) is 0.188. The van der Waals surface area contributed by atoms with E-state index in [1.54, 1.807) is 17.2 Å². The summed E-state index contributed by atoms with van der Waals surface area (Å²) in [5, 5.41) is 4.51. The van der Waals surface area contributed by atoms with Crippen LogP contribution in [-0.4, -0.2) is 9.78 Å². The van der Waals surface area contributed by atoms with Gasteiger partial charge >= 0.3 is 0 Å². The van der Waals surface area contributed by atoms with Crippen LogP contribution in [0.25, 0.3) is 22.4 Å². The lowest BCUT2D eigenvalue weighted by Crippen LogP contribution is -1.98. The molecule has 0 radical (unpaired) electrons. The Bertz CT molecular complexity index is 754. The predicted octanol–water partition coefficient (Wildman–Crippen LogP) is 3.55. The molecule has 0 aliphatic rings. The summed E-state index contributed by atoms with van der Waals surface area (Å²) in [5.41, 5.74) is 12.5. The van der Waals surface area contributed by atoms with Crippen molar-refractivity contribution in [2.75, 3.05) is 5.73 Å². The van der Waals surface area contributed by atoms with E-state index < -0.39 is 0 Å². The second-order valence-electron chi connectivity index (χ2n) is 5.04. The lowest BCUT2D eigenvalue weighted by Gasteiger charge is -2.06. The number of aromatic nitrogens is 2. The quantitative estimate of drug-likeness (QED) is 0.772. The van der Waals surface area contributed by atoms with Gasteiger partial charge in [0.1, 0.15) is 11.5 Å². The van der Waals surface area contributed by atoms with Crippen molar-refractivity contribution in [1.82, 2.24) is 9.78 Å². The normalized spacial score (nSPS) is 10.9. The third kappa shape index (κ3) is 1.90. The van der Waals surface area contributed by atoms with Crippen molar-refractivity contribution < 1.29 is 4.42 Å². The van der Waals surface area contributed by atoms with E-state index in [0.29, 0.717) is 5.82 Å². The summed E-state index contributed by atoms with van der Waals surface area (Å²) in [4.78, 5) is 0. The summed E-state index contributed by atoms with van der Waals surface area (Å²) in [6.45, 7) is 4.20. The molecule has 3 rings (SSSR count). The average molecular weight is 267 g/mol. The SMILES string of the molecule is Cc1ccc(-c2c(-c3ccoc3)nn(C)c2N)cc1C. The lowest BCUT2D eigenvalue weighted by molar-refractivity contribution is 0.568. The molecule has 4 nitrogen and oxygen atoms in total. The first-order valence-corrected chi connectivity index (χ1v) is 6.50. The number of rotatable bonds is 2. The number of hydrogen-bond acceptors (Lipinski definition) is 3. The minimum absolute atomic E-state index is 0.657. The molecule has 0 atom stereocenters. The third-order valence-electron chi connectivity index (χ3n) is 3.68. The van der Waals surface area contributed by atoms with Crippen LogP contribution < -0.4 is 5.73 Å². The first-order chi connectivity index (χ1) is 9.58. The average Bonchev–Trinajstić information content (AvgIpc) is 3.03. The molecule has 2 N–H and O–H groups in total. The second-order valence-corrected chi connectivity index (χ2v) is 5.04. The fourth-order valence-corrected chi connectivity index (χ4v) is 2.32. The van der Waals surface area contributed by atoms with Gasteiger partial charge in [0.2, 0.25) is 0 Å². The molecule has 0 aliphatic heterocycles. The van der Waals surface area contributed by atoms with Crippen molar-refractivity contribution in [1.29, 1.82) is 0 Å². The molecule has 0 fully saturated rings. The van der Waals surface area contributed by atoms with Gasteiger partial charge in [-0.3, -0.25) is 4.68 Å². The zero-order valence-corrected chi connectivity index (χ0v) is 11.8. The standard InChI is InChI=1S/C16H17N3O/c1-10-4-5-12(8-11(10)2)14-15(13-6-7-20-9-13)18-19(3)16(14)17/h4-9H,17H2,1-3H3. The maximum Gasteiger partial charge on any atom is 0.129 e. The molecule has 0 saturated heterocycles. The molecule has 0 saturated carbocycles. The number of hydrogen-bond donors (Lipinski definition) is 1. The first-order valence-electron chi connectivity index (χ1n) is 6.50. The smallest absolute Gasteiger partial charge is 0.129 e. The van der Waals surface area contributed by atoms with Crippen LogP contribution in [0.15, 0.2) is 41.2 Å². The van der Waals surface area contributed by atoms with E-state index in [9.17, 15) is 0 Å². The largest absolute Gasteiger partial charge is 0.472 e. The molecule has 0 amide bonds. The molecular formula is C16H17N3O. The minimum Gasteiger partial charge on any atom is -0.472 e. The van der Waals surface area contributed by atoms with Gasteiger partial charge in [0.25, 0.3) is 0 Å². The van der Waals surface area contributed by atoms with Gasteiger partial charge in [0.05, 0.1) is 18.1 Å². The van der Waals surface area contributed by atoms with E-state index in [1.807, 2.05) is 13.1 Å². The number of benzene rings is 1. The van der Waals surface area contributed by atoms with Crippen molar-refractivity contribution >= 4 is 5.82 Å². The number of nitrogen functional groups attached to an aromatic ring is 1. The van der Waals surface area contributed by atoms with Crippen molar-refractivity contribution in [3.05, 3.63) is 47.9 Å². The highest BCUT2D eigenvalue weighted by Crippen LogP contribution is 2.36. The summed E-state index contributed by atoms with van der Waals surface area (Å²) in [5.74, 6) is 0.657. The Morgan fingerprint density at radius 3 is 2.55 bits per heavy atom. The first kappa shape index (κ1) is 12.5. The van der Waals surface area contributed by atoms with Crippen molar-refractivity contribution in [2.24, 2.45) is 7.05 Å². The van der Waals surface area contributed by atoms with Gasteiger partial charge in [0, 0.05) is 12.6 Å². The summed E-state index contributed by atoms with van der Waals surface area (Å²) < 4.78 is 6.86. The molecule has 0 unspecified atom stereocenters. The molecule has 1 aromatic carbocycles. The molecule has 2 heterocycles. The highest BCUT2D eigenvalue weighted by molar-refractivity contribution is 5.88. The molecule has 2 aromatic heterocycles. The molecule has 0 bridgehead atoms. The van der Waals surface area contributed by atoms with Crippen molar-refractivity contribution in [2.45, 2.75) is 13.8 Å². The van der Waals surface area contributed by atoms with Gasteiger partial charge in [-0.05, 0) is 36.6 Å². The maximum absolute atomic E-state index is 6.20. The van der Waals surface area contributed by atoms with Gasteiger partial charge in [-0.1, -0.05) is 18.2 Å². The molecule has 3 aromatic rings. The predicted molar refractivity (Wildman–Crippen MR) is 80.2 cm³/mol.